The summed E-state index contributed by atoms with van der Waals surface area (Å²) in [5.41, 5.74) is 0.917. The molecule has 0 spiro atoms. The lowest BCUT2D eigenvalue weighted by Gasteiger charge is -2.13. The van der Waals surface area contributed by atoms with Gasteiger partial charge < -0.3 is 20.1 Å². The zero-order valence-electron chi connectivity index (χ0n) is 14.9. The SMILES string of the molecule is CN=C(NCCCOCC1CC1)NCc1ccc(OCC(F)(F)F)cc1. The van der Waals surface area contributed by atoms with Gasteiger partial charge in [0.25, 0.3) is 0 Å². The van der Waals surface area contributed by atoms with Crippen molar-refractivity contribution in [3.05, 3.63) is 29.8 Å². The van der Waals surface area contributed by atoms with Gasteiger partial charge in [0.05, 0.1) is 0 Å². The summed E-state index contributed by atoms with van der Waals surface area (Å²) >= 11 is 0. The average Bonchev–Trinajstić information content (AvgIpc) is 3.43. The second-order valence-electron chi connectivity index (χ2n) is 6.27. The number of hydrogen-bond acceptors (Lipinski definition) is 3. The first kappa shape index (κ1) is 20.4. The highest BCUT2D eigenvalue weighted by Gasteiger charge is 2.28. The average molecular weight is 373 g/mol. The Balaban J connectivity index is 1.60. The molecular formula is C18H26F3N3O2. The van der Waals surface area contributed by atoms with Gasteiger partial charge in [-0.2, -0.15) is 13.2 Å². The smallest absolute Gasteiger partial charge is 0.422 e. The van der Waals surface area contributed by atoms with E-state index in [0.29, 0.717) is 12.5 Å². The molecular weight excluding hydrogens is 347 g/mol. The number of aliphatic imine (C=N–C) groups is 1. The summed E-state index contributed by atoms with van der Waals surface area (Å²) < 4.78 is 46.6. The fourth-order valence-corrected chi connectivity index (χ4v) is 2.19. The van der Waals surface area contributed by atoms with Crippen molar-refractivity contribution in [2.75, 3.05) is 33.4 Å². The highest BCUT2D eigenvalue weighted by Crippen LogP contribution is 2.28. The molecule has 0 radical (unpaired) electrons. The maximum atomic E-state index is 12.1. The van der Waals surface area contributed by atoms with E-state index in [0.717, 1.165) is 37.7 Å². The Bertz CT molecular complexity index is 558. The molecule has 1 aliphatic carbocycles. The summed E-state index contributed by atoms with van der Waals surface area (Å²) in [5.74, 6) is 1.65. The molecule has 0 heterocycles. The van der Waals surface area contributed by atoms with Gasteiger partial charge in [0, 0.05) is 33.4 Å². The van der Waals surface area contributed by atoms with Gasteiger partial charge in [-0.3, -0.25) is 4.99 Å². The number of ether oxygens (including phenoxy) is 2. The lowest BCUT2D eigenvalue weighted by molar-refractivity contribution is -0.153. The Morgan fingerprint density at radius 3 is 2.54 bits per heavy atom. The number of rotatable bonds is 10. The summed E-state index contributed by atoms with van der Waals surface area (Å²) in [6.45, 7) is 1.59. The van der Waals surface area contributed by atoms with Crippen molar-refractivity contribution in [1.82, 2.24) is 10.6 Å². The summed E-state index contributed by atoms with van der Waals surface area (Å²) in [6.07, 6.45) is -0.839. The van der Waals surface area contributed by atoms with E-state index in [-0.39, 0.29) is 5.75 Å². The monoisotopic (exact) mass is 373 g/mol. The second-order valence-corrected chi connectivity index (χ2v) is 6.27. The zero-order valence-corrected chi connectivity index (χ0v) is 14.9. The number of nitrogens with zero attached hydrogens (tertiary/aromatic N) is 1. The Hall–Kier alpha value is -1.96. The number of guanidine groups is 1. The standard InChI is InChI=1S/C18H26F3N3O2/c1-22-17(23-9-2-10-25-12-15-3-4-15)24-11-14-5-7-16(8-6-14)26-13-18(19,20)21/h5-8,15H,2-4,9-13H2,1H3,(H2,22,23,24). The van der Waals surface area contributed by atoms with E-state index in [1.807, 2.05) is 0 Å². The van der Waals surface area contributed by atoms with Crippen molar-refractivity contribution in [2.24, 2.45) is 10.9 Å². The van der Waals surface area contributed by atoms with Gasteiger partial charge in [0.1, 0.15) is 5.75 Å². The van der Waals surface area contributed by atoms with E-state index in [1.54, 1.807) is 19.2 Å². The third-order valence-corrected chi connectivity index (χ3v) is 3.82. The van der Waals surface area contributed by atoms with E-state index < -0.39 is 12.8 Å². The fourth-order valence-electron chi connectivity index (χ4n) is 2.19. The Morgan fingerprint density at radius 2 is 1.92 bits per heavy atom. The van der Waals surface area contributed by atoms with E-state index in [9.17, 15) is 13.2 Å². The quantitative estimate of drug-likeness (QED) is 0.376. The number of halogens is 3. The van der Waals surface area contributed by atoms with Crippen molar-refractivity contribution in [3.63, 3.8) is 0 Å². The van der Waals surface area contributed by atoms with Crippen molar-refractivity contribution in [3.8, 4) is 5.75 Å². The summed E-state index contributed by atoms with van der Waals surface area (Å²) in [7, 11) is 1.69. The predicted molar refractivity (Wildman–Crippen MR) is 94.4 cm³/mol. The second kappa shape index (κ2) is 10.3. The van der Waals surface area contributed by atoms with Crippen LogP contribution in [0.15, 0.2) is 29.3 Å². The highest BCUT2D eigenvalue weighted by molar-refractivity contribution is 5.79. The molecule has 0 atom stereocenters. The Kier molecular flexibility index (Phi) is 8.03. The van der Waals surface area contributed by atoms with Crippen molar-refractivity contribution < 1.29 is 22.6 Å². The first-order chi connectivity index (χ1) is 12.5. The Labute approximate surface area is 152 Å². The van der Waals surface area contributed by atoms with Gasteiger partial charge in [-0.15, -0.1) is 0 Å². The molecule has 26 heavy (non-hydrogen) atoms. The summed E-state index contributed by atoms with van der Waals surface area (Å²) in [4.78, 5) is 4.14. The van der Waals surface area contributed by atoms with Crippen LogP contribution in [0.25, 0.3) is 0 Å². The summed E-state index contributed by atoms with van der Waals surface area (Å²) in [5, 5.41) is 6.36. The minimum atomic E-state index is -4.33. The Morgan fingerprint density at radius 1 is 1.19 bits per heavy atom. The lowest BCUT2D eigenvalue weighted by Crippen LogP contribution is -2.37. The van der Waals surface area contributed by atoms with Crippen LogP contribution in [-0.4, -0.2) is 45.5 Å². The molecule has 2 N–H and O–H groups in total. The van der Waals surface area contributed by atoms with Crippen LogP contribution in [0.3, 0.4) is 0 Å². The third-order valence-electron chi connectivity index (χ3n) is 3.82. The normalized spacial score (nSPS) is 15.0. The van der Waals surface area contributed by atoms with Crippen LogP contribution in [0.1, 0.15) is 24.8 Å². The zero-order chi connectivity index (χ0) is 18.8. The van der Waals surface area contributed by atoms with Crippen molar-refractivity contribution in [2.45, 2.75) is 32.0 Å². The minimum absolute atomic E-state index is 0.194. The van der Waals surface area contributed by atoms with Crippen LogP contribution in [0.4, 0.5) is 13.2 Å². The van der Waals surface area contributed by atoms with E-state index in [4.69, 9.17) is 4.74 Å². The molecule has 0 amide bonds. The van der Waals surface area contributed by atoms with Crippen molar-refractivity contribution in [1.29, 1.82) is 0 Å². The van der Waals surface area contributed by atoms with E-state index in [2.05, 4.69) is 20.4 Å². The maximum Gasteiger partial charge on any atom is 0.422 e. The molecule has 1 fully saturated rings. The first-order valence-corrected chi connectivity index (χ1v) is 8.77. The molecule has 5 nitrogen and oxygen atoms in total. The number of benzene rings is 1. The number of alkyl halides is 3. The minimum Gasteiger partial charge on any atom is -0.484 e. The van der Waals surface area contributed by atoms with Gasteiger partial charge in [-0.05, 0) is 42.9 Å². The predicted octanol–water partition coefficient (Wildman–Crippen LogP) is 3.11. The molecule has 146 valence electrons. The molecule has 8 heteroatoms. The maximum absolute atomic E-state index is 12.1. The molecule has 0 aliphatic heterocycles. The van der Waals surface area contributed by atoms with Gasteiger partial charge in [0.15, 0.2) is 12.6 Å². The van der Waals surface area contributed by atoms with E-state index in [1.165, 1.54) is 25.0 Å². The van der Waals surface area contributed by atoms with Crippen molar-refractivity contribution >= 4 is 5.96 Å². The molecule has 1 aliphatic rings. The molecule has 1 aromatic rings. The van der Waals surface area contributed by atoms with Crippen LogP contribution in [0.5, 0.6) is 5.75 Å². The van der Waals surface area contributed by atoms with Gasteiger partial charge >= 0.3 is 6.18 Å². The summed E-state index contributed by atoms with van der Waals surface area (Å²) in [6, 6.07) is 6.49. The van der Waals surface area contributed by atoms with Crippen LogP contribution in [-0.2, 0) is 11.3 Å². The molecule has 1 aromatic carbocycles. The van der Waals surface area contributed by atoms with Gasteiger partial charge in [-0.25, -0.2) is 0 Å². The van der Waals surface area contributed by atoms with Gasteiger partial charge in [-0.1, -0.05) is 12.1 Å². The molecule has 1 saturated carbocycles. The van der Waals surface area contributed by atoms with Crippen LogP contribution >= 0.6 is 0 Å². The fraction of sp³-hybridized carbons (Fsp3) is 0.611. The number of nitrogens with one attached hydrogen (secondary N) is 2. The third kappa shape index (κ3) is 8.94. The topological polar surface area (TPSA) is 54.9 Å². The molecule has 2 rings (SSSR count). The first-order valence-electron chi connectivity index (χ1n) is 8.77. The van der Waals surface area contributed by atoms with Gasteiger partial charge in [0.2, 0.25) is 0 Å². The number of hydrogen-bond donors (Lipinski definition) is 2. The molecule has 0 saturated heterocycles. The van der Waals surface area contributed by atoms with Crippen LogP contribution in [0, 0.1) is 5.92 Å². The highest BCUT2D eigenvalue weighted by atomic mass is 19.4. The molecule has 0 aromatic heterocycles. The largest absolute Gasteiger partial charge is 0.484 e. The molecule has 0 bridgehead atoms. The van der Waals surface area contributed by atoms with Crippen LogP contribution < -0.4 is 15.4 Å². The van der Waals surface area contributed by atoms with E-state index >= 15 is 0 Å². The lowest BCUT2D eigenvalue weighted by atomic mass is 10.2. The molecule has 0 unspecified atom stereocenters. The van der Waals surface area contributed by atoms with Crippen LogP contribution in [0.2, 0.25) is 0 Å².